The summed E-state index contributed by atoms with van der Waals surface area (Å²) in [7, 11) is 0. The van der Waals surface area contributed by atoms with Crippen LogP contribution in [-0.4, -0.2) is 15.5 Å². The Morgan fingerprint density at radius 3 is 2.65 bits per heavy atom. The van der Waals surface area contributed by atoms with E-state index in [1.165, 1.54) is 17.8 Å². The summed E-state index contributed by atoms with van der Waals surface area (Å²) in [6.07, 6.45) is 1.53. The average Bonchev–Trinajstić information content (AvgIpc) is 2.52. The van der Waals surface area contributed by atoms with Gasteiger partial charge < -0.3 is 5.32 Å². The van der Waals surface area contributed by atoms with Crippen LogP contribution in [0.1, 0.15) is 12.5 Å². The van der Waals surface area contributed by atoms with Gasteiger partial charge in [0.2, 0.25) is 5.91 Å². The van der Waals surface area contributed by atoms with Crippen LogP contribution in [-0.2, 0) is 11.3 Å². The molecule has 0 fully saturated rings. The number of benzene rings is 2. The smallest absolute Gasteiger partial charge is 0.261 e. The Labute approximate surface area is 137 Å². The summed E-state index contributed by atoms with van der Waals surface area (Å²) in [5.74, 6) is -0.185. The molecule has 1 heterocycles. The quantitative estimate of drug-likeness (QED) is 0.804. The highest BCUT2D eigenvalue weighted by Crippen LogP contribution is 2.15. The van der Waals surface area contributed by atoms with Crippen molar-refractivity contribution in [1.82, 2.24) is 9.55 Å². The third-order valence-electron chi connectivity index (χ3n) is 3.41. The lowest BCUT2D eigenvalue weighted by Gasteiger charge is -2.08. The van der Waals surface area contributed by atoms with Crippen LogP contribution in [0.2, 0.25) is 5.02 Å². The van der Waals surface area contributed by atoms with Crippen LogP contribution in [0.4, 0.5) is 5.69 Å². The molecule has 5 nitrogen and oxygen atoms in total. The molecule has 0 aliphatic carbocycles. The van der Waals surface area contributed by atoms with E-state index in [0.717, 1.165) is 5.56 Å². The average molecular weight is 328 g/mol. The predicted molar refractivity (Wildman–Crippen MR) is 90.9 cm³/mol. The van der Waals surface area contributed by atoms with Crippen LogP contribution in [0.15, 0.2) is 53.6 Å². The van der Waals surface area contributed by atoms with Gasteiger partial charge in [-0.25, -0.2) is 4.98 Å². The lowest BCUT2D eigenvalue weighted by molar-refractivity contribution is -0.114. The maximum absolute atomic E-state index is 12.6. The molecule has 0 saturated carbocycles. The summed E-state index contributed by atoms with van der Waals surface area (Å²) in [5, 5.41) is 3.79. The summed E-state index contributed by atoms with van der Waals surface area (Å²) in [4.78, 5) is 28.1. The summed E-state index contributed by atoms with van der Waals surface area (Å²) in [6.45, 7) is 1.83. The highest BCUT2D eigenvalue weighted by molar-refractivity contribution is 6.30. The monoisotopic (exact) mass is 327 g/mol. The van der Waals surface area contributed by atoms with Gasteiger partial charge in [-0.05, 0) is 35.9 Å². The maximum atomic E-state index is 12.6. The second-order valence-corrected chi connectivity index (χ2v) is 5.65. The van der Waals surface area contributed by atoms with E-state index < -0.39 is 0 Å². The minimum absolute atomic E-state index is 0.155. The molecule has 0 atom stereocenters. The fraction of sp³-hybridized carbons (Fsp3) is 0.118. The molecule has 0 unspecified atom stereocenters. The van der Waals surface area contributed by atoms with Gasteiger partial charge in [-0.2, -0.15) is 0 Å². The Bertz CT molecular complexity index is 933. The Hall–Kier alpha value is -2.66. The van der Waals surface area contributed by atoms with E-state index in [4.69, 9.17) is 11.6 Å². The molecule has 0 radical (unpaired) electrons. The number of fused-ring (bicyclic) bond motifs is 1. The van der Waals surface area contributed by atoms with Gasteiger partial charge in [0.05, 0.1) is 23.8 Å². The van der Waals surface area contributed by atoms with Crippen LogP contribution in [0, 0.1) is 0 Å². The molecule has 3 aromatic rings. The van der Waals surface area contributed by atoms with Crippen molar-refractivity contribution in [2.24, 2.45) is 0 Å². The molecule has 1 aromatic heterocycles. The number of carbonyl (C=O) groups is 1. The summed E-state index contributed by atoms with van der Waals surface area (Å²) >= 11 is 5.87. The Kier molecular flexibility index (Phi) is 4.12. The van der Waals surface area contributed by atoms with Crippen molar-refractivity contribution in [3.63, 3.8) is 0 Å². The second kappa shape index (κ2) is 6.22. The van der Waals surface area contributed by atoms with E-state index in [0.29, 0.717) is 28.2 Å². The van der Waals surface area contributed by atoms with Gasteiger partial charge in [-0.15, -0.1) is 0 Å². The number of rotatable bonds is 3. The first-order chi connectivity index (χ1) is 11.0. The highest BCUT2D eigenvalue weighted by atomic mass is 35.5. The van der Waals surface area contributed by atoms with Gasteiger partial charge in [0.1, 0.15) is 0 Å². The number of carbonyl (C=O) groups excluding carboxylic acids is 1. The number of hydrogen-bond acceptors (Lipinski definition) is 3. The third kappa shape index (κ3) is 3.40. The largest absolute Gasteiger partial charge is 0.326 e. The molecule has 0 bridgehead atoms. The Morgan fingerprint density at radius 2 is 1.96 bits per heavy atom. The van der Waals surface area contributed by atoms with Crippen LogP contribution in [0.5, 0.6) is 0 Å². The van der Waals surface area contributed by atoms with Crippen LogP contribution in [0.3, 0.4) is 0 Å². The fourth-order valence-electron chi connectivity index (χ4n) is 2.34. The molecular weight excluding hydrogens is 314 g/mol. The molecule has 3 rings (SSSR count). The summed E-state index contributed by atoms with van der Waals surface area (Å²) in [6, 6.07) is 12.4. The predicted octanol–water partition coefficient (Wildman–Crippen LogP) is 3.06. The van der Waals surface area contributed by atoms with Crippen molar-refractivity contribution in [1.29, 1.82) is 0 Å². The number of nitrogens with one attached hydrogen (secondary N) is 1. The van der Waals surface area contributed by atoms with Crippen molar-refractivity contribution in [2.75, 3.05) is 5.32 Å². The molecule has 1 N–H and O–H groups in total. The first-order valence-electron chi connectivity index (χ1n) is 7.04. The second-order valence-electron chi connectivity index (χ2n) is 5.22. The standard InChI is InChI=1S/C17H14ClN3O2/c1-11(22)20-14-6-7-16-15(8-14)17(23)21(10-19-16)9-12-2-4-13(18)5-3-12/h2-8,10H,9H2,1H3,(H,20,22). The number of hydrogen-bond donors (Lipinski definition) is 1. The first-order valence-corrected chi connectivity index (χ1v) is 7.42. The normalized spacial score (nSPS) is 10.7. The molecule has 116 valence electrons. The fourth-order valence-corrected chi connectivity index (χ4v) is 2.47. The molecule has 0 aliphatic heterocycles. The minimum atomic E-state index is -0.185. The van der Waals surface area contributed by atoms with E-state index in [2.05, 4.69) is 10.3 Å². The van der Waals surface area contributed by atoms with E-state index in [-0.39, 0.29) is 11.5 Å². The number of amides is 1. The molecule has 23 heavy (non-hydrogen) atoms. The molecule has 2 aromatic carbocycles. The minimum Gasteiger partial charge on any atom is -0.326 e. The van der Waals surface area contributed by atoms with Crippen LogP contribution < -0.4 is 10.9 Å². The van der Waals surface area contributed by atoms with Gasteiger partial charge in [0, 0.05) is 17.6 Å². The van der Waals surface area contributed by atoms with Gasteiger partial charge in [0.25, 0.3) is 5.56 Å². The molecule has 0 spiro atoms. The molecule has 0 saturated heterocycles. The van der Waals surface area contributed by atoms with Gasteiger partial charge >= 0.3 is 0 Å². The Balaban J connectivity index is 2.01. The summed E-state index contributed by atoms with van der Waals surface area (Å²) < 4.78 is 1.53. The van der Waals surface area contributed by atoms with Crippen LogP contribution >= 0.6 is 11.6 Å². The third-order valence-corrected chi connectivity index (χ3v) is 3.66. The molecule has 1 amide bonds. The lowest BCUT2D eigenvalue weighted by Crippen LogP contribution is -2.21. The summed E-state index contributed by atoms with van der Waals surface area (Å²) in [5.41, 5.74) is 1.97. The SMILES string of the molecule is CC(=O)Nc1ccc2ncn(Cc3ccc(Cl)cc3)c(=O)c2c1. The van der Waals surface area contributed by atoms with E-state index in [1.807, 2.05) is 12.1 Å². The van der Waals surface area contributed by atoms with Gasteiger partial charge in [-0.3, -0.25) is 14.2 Å². The zero-order valence-corrected chi connectivity index (χ0v) is 13.2. The van der Waals surface area contributed by atoms with Crippen molar-refractivity contribution >= 4 is 34.1 Å². The van der Waals surface area contributed by atoms with Crippen molar-refractivity contribution in [3.8, 4) is 0 Å². The number of halogens is 1. The van der Waals surface area contributed by atoms with Crippen LogP contribution in [0.25, 0.3) is 10.9 Å². The maximum Gasteiger partial charge on any atom is 0.261 e. The van der Waals surface area contributed by atoms with Gasteiger partial charge in [-0.1, -0.05) is 23.7 Å². The first kappa shape index (κ1) is 15.2. The van der Waals surface area contributed by atoms with Gasteiger partial charge in [0.15, 0.2) is 0 Å². The van der Waals surface area contributed by atoms with Crippen molar-refractivity contribution < 1.29 is 4.79 Å². The van der Waals surface area contributed by atoms with Crippen molar-refractivity contribution in [2.45, 2.75) is 13.5 Å². The molecule has 0 aliphatic rings. The zero-order chi connectivity index (χ0) is 16.4. The Morgan fingerprint density at radius 1 is 1.22 bits per heavy atom. The van der Waals surface area contributed by atoms with E-state index >= 15 is 0 Å². The molecule has 6 heteroatoms. The topological polar surface area (TPSA) is 64.0 Å². The molecular formula is C17H14ClN3O2. The number of aromatic nitrogens is 2. The van der Waals surface area contributed by atoms with E-state index in [9.17, 15) is 9.59 Å². The highest BCUT2D eigenvalue weighted by Gasteiger charge is 2.07. The zero-order valence-electron chi connectivity index (χ0n) is 12.4. The van der Waals surface area contributed by atoms with Crippen molar-refractivity contribution in [3.05, 3.63) is 69.7 Å². The van der Waals surface area contributed by atoms with E-state index in [1.54, 1.807) is 30.3 Å². The number of nitrogens with zero attached hydrogens (tertiary/aromatic N) is 2. The lowest BCUT2D eigenvalue weighted by atomic mass is 10.2. The number of anilines is 1.